The first-order chi connectivity index (χ1) is 18.2. The number of rotatable bonds is 10. The van der Waals surface area contributed by atoms with Gasteiger partial charge in [-0.25, -0.2) is 8.42 Å². The number of piperidine rings is 1. The van der Waals surface area contributed by atoms with Crippen LogP contribution in [-0.2, 0) is 14.6 Å². The number of sulfone groups is 1. The molecular weight excluding hydrogens is 500 g/mol. The lowest BCUT2D eigenvalue weighted by Crippen LogP contribution is -2.65. The minimum Gasteiger partial charge on any atom is -0.325 e. The van der Waals surface area contributed by atoms with Crippen molar-refractivity contribution < 1.29 is 13.2 Å². The zero-order valence-electron chi connectivity index (χ0n) is 22.5. The summed E-state index contributed by atoms with van der Waals surface area (Å²) in [6, 6.07) is 15.4. The Morgan fingerprint density at radius 3 is 2.42 bits per heavy atom. The highest BCUT2D eigenvalue weighted by atomic mass is 32.2. The molecule has 2 heterocycles. The van der Waals surface area contributed by atoms with Gasteiger partial charge in [-0.2, -0.15) is 0 Å². The van der Waals surface area contributed by atoms with Crippen molar-refractivity contribution in [1.82, 2.24) is 20.4 Å². The second-order valence-electron chi connectivity index (χ2n) is 10.8. The number of nitrogens with one attached hydrogen (secondary N) is 3. The van der Waals surface area contributed by atoms with Crippen LogP contribution in [0.4, 0.5) is 5.69 Å². The molecule has 1 amide bonds. The predicted octanol–water partition coefficient (Wildman–Crippen LogP) is 1.65. The maximum atomic E-state index is 13.0. The van der Waals surface area contributed by atoms with Gasteiger partial charge in [0, 0.05) is 24.8 Å². The topological polar surface area (TPSA) is 120 Å². The van der Waals surface area contributed by atoms with Gasteiger partial charge in [0.1, 0.15) is 6.04 Å². The molecule has 10 heteroatoms. The second kappa shape index (κ2) is 13.1. The lowest BCUT2D eigenvalue weighted by molar-refractivity contribution is -0.119. The molecule has 0 radical (unpaired) electrons. The molecule has 4 rings (SSSR count). The van der Waals surface area contributed by atoms with Crippen molar-refractivity contribution in [2.24, 2.45) is 11.7 Å². The second-order valence-corrected chi connectivity index (χ2v) is 12.9. The van der Waals surface area contributed by atoms with Gasteiger partial charge in [-0.1, -0.05) is 30.3 Å². The number of para-hydroxylation sites is 1. The Morgan fingerprint density at radius 1 is 1.08 bits per heavy atom. The van der Waals surface area contributed by atoms with E-state index in [1.165, 1.54) is 6.42 Å². The molecule has 2 aliphatic rings. The van der Waals surface area contributed by atoms with Gasteiger partial charge in [-0.15, -0.1) is 0 Å². The fourth-order valence-electron chi connectivity index (χ4n) is 5.16. The van der Waals surface area contributed by atoms with E-state index in [0.29, 0.717) is 23.7 Å². The van der Waals surface area contributed by atoms with Crippen LogP contribution in [0.1, 0.15) is 30.9 Å². The standard InChI is InChI=1S/C28H42N6O3S/c1-33(2)15-12-21-13-16-34(17-14-21)18-19-38(36,37)24-10-8-22(9-11-24)25-20-30-27(29)26(32-25)28(35)31-23-6-4-3-5-7-23/h3-11,21,25-27,30,32H,12-20,29H2,1-2H3,(H,31,35). The Hall–Kier alpha value is -2.34. The quantitative estimate of drug-likeness (QED) is 0.358. The van der Waals surface area contributed by atoms with Crippen molar-refractivity contribution in [3.8, 4) is 0 Å². The highest BCUT2D eigenvalue weighted by Crippen LogP contribution is 2.23. The van der Waals surface area contributed by atoms with Crippen molar-refractivity contribution in [2.75, 3.05) is 57.9 Å². The summed E-state index contributed by atoms with van der Waals surface area (Å²) in [5, 5.41) is 9.41. The molecule has 3 atom stereocenters. The van der Waals surface area contributed by atoms with Crippen LogP contribution >= 0.6 is 0 Å². The molecule has 3 unspecified atom stereocenters. The molecule has 2 fully saturated rings. The largest absolute Gasteiger partial charge is 0.325 e. The van der Waals surface area contributed by atoms with Gasteiger partial charge < -0.3 is 20.9 Å². The van der Waals surface area contributed by atoms with E-state index in [1.54, 1.807) is 12.1 Å². The van der Waals surface area contributed by atoms with Crippen LogP contribution in [0.3, 0.4) is 0 Å². The van der Waals surface area contributed by atoms with Crippen LogP contribution in [0.2, 0.25) is 0 Å². The van der Waals surface area contributed by atoms with Crippen LogP contribution in [0.15, 0.2) is 59.5 Å². The SMILES string of the molecule is CN(C)CCC1CCN(CCS(=O)(=O)c2ccc(C3CNC(N)C(C(=O)Nc4ccccc4)N3)cc2)CC1. The average molecular weight is 543 g/mol. The van der Waals surface area contributed by atoms with E-state index >= 15 is 0 Å². The predicted molar refractivity (Wildman–Crippen MR) is 152 cm³/mol. The Labute approximate surface area is 227 Å². The van der Waals surface area contributed by atoms with Gasteiger partial charge in [0.2, 0.25) is 5.91 Å². The summed E-state index contributed by atoms with van der Waals surface area (Å²) in [7, 11) is 0.830. The molecule has 2 aromatic rings. The number of carbonyl (C=O) groups excluding carboxylic acids is 1. The summed E-state index contributed by atoms with van der Waals surface area (Å²) in [4.78, 5) is 17.7. The third-order valence-electron chi connectivity index (χ3n) is 7.63. The maximum Gasteiger partial charge on any atom is 0.244 e. The molecule has 0 aromatic heterocycles. The van der Waals surface area contributed by atoms with Gasteiger partial charge in [-0.3, -0.25) is 15.4 Å². The Balaban J connectivity index is 1.29. The zero-order valence-corrected chi connectivity index (χ0v) is 23.3. The van der Waals surface area contributed by atoms with Crippen molar-refractivity contribution in [2.45, 2.75) is 42.4 Å². The van der Waals surface area contributed by atoms with Crippen LogP contribution in [0.25, 0.3) is 0 Å². The molecular formula is C28H42N6O3S. The monoisotopic (exact) mass is 542 g/mol. The van der Waals surface area contributed by atoms with Gasteiger partial charge in [0.15, 0.2) is 9.84 Å². The molecule has 0 aliphatic carbocycles. The van der Waals surface area contributed by atoms with E-state index in [0.717, 1.165) is 44.0 Å². The molecule has 208 valence electrons. The first kappa shape index (κ1) is 28.7. The molecule has 2 aromatic carbocycles. The molecule has 0 bridgehead atoms. The number of hydrogen-bond acceptors (Lipinski definition) is 8. The summed E-state index contributed by atoms with van der Waals surface area (Å²) in [5.41, 5.74) is 7.77. The molecule has 2 aliphatic heterocycles. The minimum atomic E-state index is -3.38. The summed E-state index contributed by atoms with van der Waals surface area (Å²) < 4.78 is 26.1. The van der Waals surface area contributed by atoms with Crippen molar-refractivity contribution in [3.63, 3.8) is 0 Å². The molecule has 0 spiro atoms. The molecule has 0 saturated carbocycles. The average Bonchev–Trinajstić information content (AvgIpc) is 2.92. The number of carbonyl (C=O) groups is 1. The molecule has 5 N–H and O–H groups in total. The molecule has 9 nitrogen and oxygen atoms in total. The van der Waals surface area contributed by atoms with E-state index in [1.807, 2.05) is 42.5 Å². The van der Waals surface area contributed by atoms with E-state index in [9.17, 15) is 13.2 Å². The highest BCUT2D eigenvalue weighted by Gasteiger charge is 2.33. The number of hydrogen-bond donors (Lipinski definition) is 4. The Morgan fingerprint density at radius 2 is 1.76 bits per heavy atom. The van der Waals surface area contributed by atoms with E-state index in [4.69, 9.17) is 5.73 Å². The fraction of sp³-hybridized carbons (Fsp3) is 0.536. The summed E-state index contributed by atoms with van der Waals surface area (Å²) >= 11 is 0. The lowest BCUT2D eigenvalue weighted by atomic mass is 9.93. The highest BCUT2D eigenvalue weighted by molar-refractivity contribution is 7.91. The van der Waals surface area contributed by atoms with Gasteiger partial charge in [-0.05, 0) is 88.7 Å². The first-order valence-corrected chi connectivity index (χ1v) is 15.2. The summed E-state index contributed by atoms with van der Waals surface area (Å²) in [6.07, 6.45) is 2.95. The van der Waals surface area contributed by atoms with Gasteiger partial charge >= 0.3 is 0 Å². The maximum absolute atomic E-state index is 13.0. The van der Waals surface area contributed by atoms with Crippen LogP contribution < -0.4 is 21.7 Å². The van der Waals surface area contributed by atoms with Crippen LogP contribution in [-0.4, -0.2) is 88.9 Å². The zero-order chi connectivity index (χ0) is 27.1. The lowest BCUT2D eigenvalue weighted by Gasteiger charge is -2.36. The number of benzene rings is 2. The third kappa shape index (κ3) is 7.84. The van der Waals surface area contributed by atoms with E-state index in [-0.39, 0.29) is 17.7 Å². The van der Waals surface area contributed by atoms with Crippen LogP contribution in [0, 0.1) is 5.92 Å². The number of anilines is 1. The Kier molecular flexibility index (Phi) is 9.91. The van der Waals surface area contributed by atoms with Gasteiger partial charge in [0.05, 0.1) is 16.8 Å². The van der Waals surface area contributed by atoms with Crippen molar-refractivity contribution in [1.29, 1.82) is 0 Å². The minimum absolute atomic E-state index is 0.120. The summed E-state index contributed by atoms with van der Waals surface area (Å²) in [5.74, 6) is 0.634. The summed E-state index contributed by atoms with van der Waals surface area (Å²) in [6.45, 7) is 4.14. The van der Waals surface area contributed by atoms with Crippen LogP contribution in [0.5, 0.6) is 0 Å². The number of amides is 1. The van der Waals surface area contributed by atoms with Crippen molar-refractivity contribution >= 4 is 21.4 Å². The number of nitrogens with zero attached hydrogens (tertiary/aromatic N) is 2. The van der Waals surface area contributed by atoms with Gasteiger partial charge in [0.25, 0.3) is 0 Å². The van der Waals surface area contributed by atoms with E-state index < -0.39 is 22.0 Å². The fourth-order valence-corrected chi connectivity index (χ4v) is 6.44. The first-order valence-electron chi connectivity index (χ1n) is 13.5. The number of likely N-dealkylation sites (tertiary alicyclic amines) is 1. The third-order valence-corrected chi connectivity index (χ3v) is 9.34. The smallest absolute Gasteiger partial charge is 0.244 e. The molecule has 38 heavy (non-hydrogen) atoms. The molecule has 2 saturated heterocycles. The number of piperazine rings is 1. The normalized spacial score (nSPS) is 23.4. The number of nitrogens with two attached hydrogens (primary N) is 1. The Bertz CT molecular complexity index is 1130. The van der Waals surface area contributed by atoms with Crippen molar-refractivity contribution in [3.05, 3.63) is 60.2 Å². The van der Waals surface area contributed by atoms with E-state index in [2.05, 4.69) is 39.8 Å².